The Morgan fingerprint density at radius 1 is 1.28 bits per heavy atom. The molecule has 3 heterocycles. The number of amides is 1. The molecule has 1 aliphatic carbocycles. The topological polar surface area (TPSA) is 112 Å². The van der Waals surface area contributed by atoms with Crippen LogP contribution in [0, 0.1) is 0 Å². The van der Waals surface area contributed by atoms with Crippen LogP contribution < -0.4 is 26.0 Å². The first kappa shape index (κ1) is 24.4. The Labute approximate surface area is 205 Å². The van der Waals surface area contributed by atoms with Crippen LogP contribution >= 0.6 is 0 Å². The quantitative estimate of drug-likeness (QED) is 0.407. The molecule has 1 amide bonds. The molecule has 1 aromatic carbocycles. The van der Waals surface area contributed by atoms with E-state index < -0.39 is 24.1 Å². The molecule has 3 aliphatic rings. The van der Waals surface area contributed by atoms with Gasteiger partial charge in [-0.1, -0.05) is 0 Å². The minimum atomic E-state index is -4.61. The number of benzene rings is 1. The molecular formula is C24H29F3N6O3. The van der Waals surface area contributed by atoms with E-state index in [4.69, 9.17) is 4.74 Å². The Morgan fingerprint density at radius 3 is 2.72 bits per heavy atom. The summed E-state index contributed by atoms with van der Waals surface area (Å²) in [5, 5.41) is 12.9. The number of piperidine rings is 1. The Balaban J connectivity index is 1.46. The summed E-state index contributed by atoms with van der Waals surface area (Å²) in [5.74, 6) is 0.308. The monoisotopic (exact) mass is 506 g/mol. The first-order valence-corrected chi connectivity index (χ1v) is 12.0. The van der Waals surface area contributed by atoms with Crippen LogP contribution in [0.3, 0.4) is 0 Å². The van der Waals surface area contributed by atoms with E-state index in [2.05, 4.69) is 36.0 Å². The Kier molecular flexibility index (Phi) is 6.33. The van der Waals surface area contributed by atoms with Gasteiger partial charge in [0.1, 0.15) is 0 Å². The molecule has 2 unspecified atom stereocenters. The number of hydrogen-bond donors (Lipinski definition) is 5. The average molecular weight is 507 g/mol. The number of rotatable bonds is 6. The molecule has 2 aliphatic heterocycles. The first-order chi connectivity index (χ1) is 17.2. The zero-order chi connectivity index (χ0) is 25.5. The molecule has 2 aromatic rings. The van der Waals surface area contributed by atoms with Gasteiger partial charge in [0.2, 0.25) is 0 Å². The number of anilines is 1. The Morgan fingerprint density at radius 2 is 2.08 bits per heavy atom. The average Bonchev–Trinajstić information content (AvgIpc) is 3.47. The van der Waals surface area contributed by atoms with Gasteiger partial charge in [-0.05, 0) is 44.7 Å². The zero-order valence-electron chi connectivity index (χ0n) is 20.0. The van der Waals surface area contributed by atoms with Crippen LogP contribution in [0.4, 0.5) is 23.7 Å². The molecular weight excluding hydrogens is 477 g/mol. The molecule has 9 nitrogen and oxygen atoms in total. The smallest absolute Gasteiger partial charge is 0.419 e. The van der Waals surface area contributed by atoms with Crippen LogP contribution in [-0.2, 0) is 4.74 Å². The summed E-state index contributed by atoms with van der Waals surface area (Å²) in [5.41, 5.74) is 0.439. The molecule has 5 rings (SSSR count). The number of carbonyl (C=O) groups is 1. The largest absolute Gasteiger partial charge is 0.489 e. The standard InChI is InChI=1S/C24H29F3N6O3/c1-3-36-20-17(32-22(34)35-2)5-4-14-15(11-28-19(14)20)18-16(24(25,26)27)12-29-21(33-18)31-13-6-7-23(8-9-23)30-10-13/h4-5,11-13,21,28,30-31,33H,3,6-10H2,1-2H3,(H,32,34). The van der Waals surface area contributed by atoms with E-state index in [1.165, 1.54) is 26.1 Å². The maximum Gasteiger partial charge on any atom is 0.419 e. The van der Waals surface area contributed by atoms with Crippen LogP contribution in [0.15, 0.2) is 28.9 Å². The number of aliphatic imine (C=N–C) groups is 1. The van der Waals surface area contributed by atoms with Gasteiger partial charge >= 0.3 is 12.3 Å². The number of alkyl halides is 3. The van der Waals surface area contributed by atoms with Crippen molar-refractivity contribution < 1.29 is 27.4 Å². The maximum absolute atomic E-state index is 14.0. The number of carbonyl (C=O) groups excluding carboxylic acids is 1. The number of aromatic nitrogens is 1. The van der Waals surface area contributed by atoms with Crippen molar-refractivity contribution in [3.8, 4) is 5.75 Å². The van der Waals surface area contributed by atoms with Gasteiger partial charge in [-0.3, -0.25) is 15.6 Å². The third-order valence-electron chi connectivity index (χ3n) is 6.94. The molecule has 2 fully saturated rings. The molecule has 1 saturated carbocycles. The highest BCUT2D eigenvalue weighted by Crippen LogP contribution is 2.42. The summed E-state index contributed by atoms with van der Waals surface area (Å²) in [4.78, 5) is 18.9. The lowest BCUT2D eigenvalue weighted by Gasteiger charge is -2.34. The van der Waals surface area contributed by atoms with E-state index in [0.29, 0.717) is 27.9 Å². The lowest BCUT2D eigenvalue weighted by Crippen LogP contribution is -2.55. The second-order valence-electron chi connectivity index (χ2n) is 9.29. The van der Waals surface area contributed by atoms with Crippen molar-refractivity contribution in [1.29, 1.82) is 0 Å². The van der Waals surface area contributed by atoms with E-state index in [0.717, 1.165) is 25.6 Å². The minimum absolute atomic E-state index is 0.0835. The van der Waals surface area contributed by atoms with Crippen molar-refractivity contribution in [2.45, 2.75) is 56.7 Å². The zero-order valence-corrected chi connectivity index (χ0v) is 20.0. The van der Waals surface area contributed by atoms with E-state index in [-0.39, 0.29) is 23.9 Å². The fourth-order valence-electron chi connectivity index (χ4n) is 4.84. The number of methoxy groups -OCH3 is 1. The molecule has 36 heavy (non-hydrogen) atoms. The lowest BCUT2D eigenvalue weighted by atomic mass is 9.99. The van der Waals surface area contributed by atoms with Gasteiger partial charge in [0.25, 0.3) is 0 Å². The predicted molar refractivity (Wildman–Crippen MR) is 130 cm³/mol. The number of allylic oxidation sites excluding steroid dienone is 1. The summed E-state index contributed by atoms with van der Waals surface area (Å²) in [6, 6.07) is 3.30. The van der Waals surface area contributed by atoms with Gasteiger partial charge in [-0.2, -0.15) is 13.2 Å². The number of H-pyrrole nitrogens is 1. The number of hydrogen-bond acceptors (Lipinski definition) is 7. The second-order valence-corrected chi connectivity index (χ2v) is 9.29. The number of nitrogens with zero attached hydrogens (tertiary/aromatic N) is 1. The molecule has 1 spiro atoms. The lowest BCUT2D eigenvalue weighted by molar-refractivity contribution is -0.0855. The molecule has 1 saturated heterocycles. The van der Waals surface area contributed by atoms with Crippen molar-refractivity contribution in [1.82, 2.24) is 20.9 Å². The van der Waals surface area contributed by atoms with Gasteiger partial charge in [0.15, 0.2) is 12.0 Å². The minimum Gasteiger partial charge on any atom is -0.489 e. The number of fused-ring (bicyclic) bond motifs is 1. The van der Waals surface area contributed by atoms with Crippen molar-refractivity contribution in [3.05, 3.63) is 29.5 Å². The third-order valence-corrected chi connectivity index (χ3v) is 6.94. The van der Waals surface area contributed by atoms with Crippen molar-refractivity contribution >= 4 is 34.6 Å². The van der Waals surface area contributed by atoms with Gasteiger partial charge < -0.3 is 25.1 Å². The first-order valence-electron chi connectivity index (χ1n) is 12.0. The summed E-state index contributed by atoms with van der Waals surface area (Å²) in [6.45, 7) is 2.81. The van der Waals surface area contributed by atoms with E-state index in [1.807, 2.05) is 0 Å². The molecule has 5 N–H and O–H groups in total. The van der Waals surface area contributed by atoms with Gasteiger partial charge in [-0.25, -0.2) is 4.79 Å². The van der Waals surface area contributed by atoms with Gasteiger partial charge in [0, 0.05) is 41.5 Å². The van der Waals surface area contributed by atoms with Crippen LogP contribution in [0.5, 0.6) is 5.75 Å². The van der Waals surface area contributed by atoms with Crippen molar-refractivity contribution in [2.75, 3.05) is 25.6 Å². The van der Waals surface area contributed by atoms with E-state index in [9.17, 15) is 18.0 Å². The number of ether oxygens (including phenoxy) is 2. The number of nitrogens with one attached hydrogen (secondary N) is 5. The second kappa shape index (κ2) is 9.32. The Bertz CT molecular complexity index is 1210. The number of aromatic amines is 1. The van der Waals surface area contributed by atoms with Crippen LogP contribution in [0.25, 0.3) is 16.6 Å². The molecule has 0 bridgehead atoms. The third kappa shape index (κ3) is 4.74. The van der Waals surface area contributed by atoms with Gasteiger partial charge in [0.05, 0.1) is 36.2 Å². The van der Waals surface area contributed by atoms with Gasteiger partial charge in [-0.15, -0.1) is 0 Å². The van der Waals surface area contributed by atoms with Crippen molar-refractivity contribution in [3.63, 3.8) is 0 Å². The van der Waals surface area contributed by atoms with E-state index >= 15 is 0 Å². The SMILES string of the molecule is CCOc1c(NC(=O)OC)ccc2c(C3=C(C(F)(F)F)C=NC(NC4CCC5(CC5)NC4)N3)c[nH]c12. The fourth-order valence-corrected chi connectivity index (χ4v) is 4.84. The fraction of sp³-hybridized carbons (Fsp3) is 0.500. The van der Waals surface area contributed by atoms with Crippen LogP contribution in [0.1, 0.15) is 38.2 Å². The molecule has 2 atom stereocenters. The highest BCUT2D eigenvalue weighted by molar-refractivity contribution is 6.04. The Hall–Kier alpha value is -3.25. The highest BCUT2D eigenvalue weighted by atomic mass is 19.4. The highest BCUT2D eigenvalue weighted by Gasteiger charge is 2.45. The number of halogens is 3. The molecule has 12 heteroatoms. The molecule has 1 aromatic heterocycles. The van der Waals surface area contributed by atoms with E-state index in [1.54, 1.807) is 19.1 Å². The predicted octanol–water partition coefficient (Wildman–Crippen LogP) is 3.85. The summed E-state index contributed by atoms with van der Waals surface area (Å²) in [6.07, 6.45) is 0.728. The van der Waals surface area contributed by atoms with Crippen LogP contribution in [0.2, 0.25) is 0 Å². The summed E-state index contributed by atoms with van der Waals surface area (Å²) in [7, 11) is 1.24. The molecule has 0 radical (unpaired) electrons. The summed E-state index contributed by atoms with van der Waals surface area (Å²) < 4.78 is 52.4. The summed E-state index contributed by atoms with van der Waals surface area (Å²) >= 11 is 0. The normalized spacial score (nSPS) is 23.0. The van der Waals surface area contributed by atoms with Crippen molar-refractivity contribution in [2.24, 2.45) is 4.99 Å². The molecule has 194 valence electrons. The van der Waals surface area contributed by atoms with Crippen LogP contribution in [-0.4, -0.2) is 61.6 Å². The maximum atomic E-state index is 14.0.